The van der Waals surface area contributed by atoms with Gasteiger partial charge in [-0.25, -0.2) is 13.5 Å². The van der Waals surface area contributed by atoms with Crippen LogP contribution in [0.3, 0.4) is 0 Å². The quantitative estimate of drug-likeness (QED) is 0.899. The fourth-order valence-electron chi connectivity index (χ4n) is 1.83. The van der Waals surface area contributed by atoms with Crippen molar-refractivity contribution in [2.75, 3.05) is 6.61 Å². The van der Waals surface area contributed by atoms with Gasteiger partial charge in [0.2, 0.25) is 0 Å². The Bertz CT molecular complexity index is 670. The molecule has 0 fully saturated rings. The Labute approximate surface area is 120 Å². The molecule has 0 bridgehead atoms. The first-order chi connectivity index (χ1) is 9.92. The van der Waals surface area contributed by atoms with E-state index in [1.807, 2.05) is 0 Å². The number of aliphatic hydroxyl groups is 1. The van der Waals surface area contributed by atoms with Gasteiger partial charge in [0.1, 0.15) is 11.5 Å². The third-order valence-electron chi connectivity index (χ3n) is 2.91. The number of nitrogens with one attached hydrogen (secondary N) is 1. The van der Waals surface area contributed by atoms with Gasteiger partial charge < -0.3 is 10.4 Å². The number of carbonyl (C=O) groups is 1. The number of hydrogen-bond acceptors (Lipinski definition) is 3. The second-order valence-corrected chi connectivity index (χ2v) is 4.74. The van der Waals surface area contributed by atoms with Crippen molar-refractivity contribution < 1.29 is 18.7 Å². The summed E-state index contributed by atoms with van der Waals surface area (Å²) in [6.45, 7) is 3.10. The van der Waals surface area contributed by atoms with Gasteiger partial charge in [-0.1, -0.05) is 0 Å². The van der Waals surface area contributed by atoms with E-state index in [1.54, 1.807) is 13.8 Å². The van der Waals surface area contributed by atoms with E-state index in [0.717, 1.165) is 12.1 Å². The molecule has 0 aliphatic carbocycles. The minimum Gasteiger partial charge on any atom is -0.394 e. The summed E-state index contributed by atoms with van der Waals surface area (Å²) in [7, 11) is 0. The maximum atomic E-state index is 13.8. The van der Waals surface area contributed by atoms with E-state index in [1.165, 1.54) is 16.8 Å². The van der Waals surface area contributed by atoms with Crippen LogP contribution in [0.25, 0.3) is 5.69 Å². The van der Waals surface area contributed by atoms with Gasteiger partial charge in [0.05, 0.1) is 6.61 Å². The van der Waals surface area contributed by atoms with Crippen molar-refractivity contribution in [3.8, 4) is 5.69 Å². The van der Waals surface area contributed by atoms with Crippen molar-refractivity contribution in [3.05, 3.63) is 47.3 Å². The Kier molecular flexibility index (Phi) is 4.32. The van der Waals surface area contributed by atoms with Crippen molar-refractivity contribution in [2.45, 2.75) is 19.9 Å². The van der Waals surface area contributed by atoms with Crippen molar-refractivity contribution in [1.29, 1.82) is 0 Å². The van der Waals surface area contributed by atoms with Gasteiger partial charge in [0.15, 0.2) is 11.5 Å². The fourth-order valence-corrected chi connectivity index (χ4v) is 1.83. The fraction of sp³-hybridized carbons (Fsp3) is 0.286. The molecule has 0 saturated carbocycles. The molecule has 1 aromatic carbocycles. The molecule has 2 rings (SSSR count). The Morgan fingerprint density at radius 3 is 2.76 bits per heavy atom. The van der Waals surface area contributed by atoms with Crippen LogP contribution in [0, 0.1) is 18.6 Å². The summed E-state index contributed by atoms with van der Waals surface area (Å²) in [5.74, 6) is -1.92. The standard InChI is InChI=1S/C14H15F2N3O2/c1-8(7-20)17-14(21)12-5-9(2)19(18-12)13-4-3-10(15)6-11(13)16/h3-6,8,20H,7H2,1-2H3,(H,17,21). The summed E-state index contributed by atoms with van der Waals surface area (Å²) >= 11 is 0. The van der Waals surface area contributed by atoms with E-state index in [9.17, 15) is 13.6 Å². The van der Waals surface area contributed by atoms with Crippen molar-refractivity contribution in [1.82, 2.24) is 15.1 Å². The highest BCUT2D eigenvalue weighted by molar-refractivity contribution is 5.92. The van der Waals surface area contributed by atoms with E-state index in [4.69, 9.17) is 5.11 Å². The Morgan fingerprint density at radius 2 is 2.14 bits per heavy atom. The lowest BCUT2D eigenvalue weighted by Gasteiger charge is -2.08. The SMILES string of the molecule is Cc1cc(C(=O)NC(C)CO)nn1-c1ccc(F)cc1F. The number of aromatic nitrogens is 2. The summed E-state index contributed by atoms with van der Waals surface area (Å²) in [5, 5.41) is 15.5. The normalized spacial score (nSPS) is 12.2. The van der Waals surface area contributed by atoms with Gasteiger partial charge in [-0.3, -0.25) is 4.79 Å². The molecule has 1 amide bonds. The smallest absolute Gasteiger partial charge is 0.272 e. The number of rotatable bonds is 4. The number of amides is 1. The molecule has 0 aliphatic rings. The van der Waals surface area contributed by atoms with Gasteiger partial charge in [-0.05, 0) is 32.0 Å². The molecular formula is C14H15F2N3O2. The van der Waals surface area contributed by atoms with Crippen molar-refractivity contribution >= 4 is 5.91 Å². The number of hydrogen-bond donors (Lipinski definition) is 2. The molecular weight excluding hydrogens is 280 g/mol. The Morgan fingerprint density at radius 1 is 1.43 bits per heavy atom. The number of nitrogens with zero attached hydrogens (tertiary/aromatic N) is 2. The summed E-state index contributed by atoms with van der Waals surface area (Å²) in [4.78, 5) is 11.9. The first kappa shape index (κ1) is 15.1. The van der Waals surface area contributed by atoms with Crippen LogP contribution in [0.15, 0.2) is 24.3 Å². The number of aryl methyl sites for hydroxylation is 1. The average Bonchev–Trinajstić information content (AvgIpc) is 2.80. The lowest BCUT2D eigenvalue weighted by atomic mass is 10.3. The van der Waals surface area contributed by atoms with Crippen LogP contribution >= 0.6 is 0 Å². The van der Waals surface area contributed by atoms with Gasteiger partial charge in [-0.15, -0.1) is 0 Å². The Balaban J connectivity index is 2.33. The summed E-state index contributed by atoms with van der Waals surface area (Å²) in [6, 6.07) is 4.20. The van der Waals surface area contributed by atoms with E-state index in [0.29, 0.717) is 5.69 Å². The maximum absolute atomic E-state index is 13.8. The van der Waals surface area contributed by atoms with Crippen LogP contribution in [0.4, 0.5) is 8.78 Å². The third-order valence-corrected chi connectivity index (χ3v) is 2.91. The van der Waals surface area contributed by atoms with Crippen LogP contribution < -0.4 is 5.32 Å². The number of aliphatic hydroxyl groups excluding tert-OH is 1. The molecule has 0 aliphatic heterocycles. The molecule has 0 saturated heterocycles. The molecule has 5 nitrogen and oxygen atoms in total. The first-order valence-corrected chi connectivity index (χ1v) is 6.36. The topological polar surface area (TPSA) is 67.2 Å². The summed E-state index contributed by atoms with van der Waals surface area (Å²) < 4.78 is 27.9. The molecule has 1 aromatic heterocycles. The van der Waals surface area contributed by atoms with Crippen LogP contribution in [0.5, 0.6) is 0 Å². The van der Waals surface area contributed by atoms with Gasteiger partial charge >= 0.3 is 0 Å². The Hall–Kier alpha value is -2.28. The second-order valence-electron chi connectivity index (χ2n) is 4.74. The number of benzene rings is 1. The van der Waals surface area contributed by atoms with Gasteiger partial charge in [-0.2, -0.15) is 5.10 Å². The van der Waals surface area contributed by atoms with Crippen LogP contribution in [0.2, 0.25) is 0 Å². The van der Waals surface area contributed by atoms with Crippen LogP contribution in [-0.2, 0) is 0 Å². The monoisotopic (exact) mass is 295 g/mol. The molecule has 2 N–H and O–H groups in total. The predicted octanol–water partition coefficient (Wildman–Crippen LogP) is 1.57. The predicted molar refractivity (Wildman–Crippen MR) is 72.2 cm³/mol. The largest absolute Gasteiger partial charge is 0.394 e. The molecule has 2 aromatic rings. The van der Waals surface area contributed by atoms with Crippen molar-refractivity contribution in [2.24, 2.45) is 0 Å². The number of carbonyl (C=O) groups excluding carboxylic acids is 1. The number of halogens is 2. The zero-order valence-corrected chi connectivity index (χ0v) is 11.6. The highest BCUT2D eigenvalue weighted by Gasteiger charge is 2.16. The molecule has 0 radical (unpaired) electrons. The molecule has 21 heavy (non-hydrogen) atoms. The molecule has 1 heterocycles. The summed E-state index contributed by atoms with van der Waals surface area (Å²) in [5.41, 5.74) is 0.682. The first-order valence-electron chi connectivity index (χ1n) is 6.36. The van der Waals surface area contributed by atoms with E-state index in [2.05, 4.69) is 10.4 Å². The van der Waals surface area contributed by atoms with E-state index < -0.39 is 23.6 Å². The van der Waals surface area contributed by atoms with Crippen molar-refractivity contribution in [3.63, 3.8) is 0 Å². The van der Waals surface area contributed by atoms with E-state index in [-0.39, 0.29) is 18.0 Å². The molecule has 7 heteroatoms. The minimum atomic E-state index is -0.767. The lowest BCUT2D eigenvalue weighted by Crippen LogP contribution is -2.35. The van der Waals surface area contributed by atoms with Gasteiger partial charge in [0, 0.05) is 17.8 Å². The highest BCUT2D eigenvalue weighted by atomic mass is 19.1. The van der Waals surface area contributed by atoms with Gasteiger partial charge in [0.25, 0.3) is 5.91 Å². The minimum absolute atomic E-state index is 0.0585. The molecule has 112 valence electrons. The highest BCUT2D eigenvalue weighted by Crippen LogP contribution is 2.17. The summed E-state index contributed by atoms with van der Waals surface area (Å²) in [6.07, 6.45) is 0. The molecule has 1 unspecified atom stereocenters. The molecule has 1 atom stereocenters. The second kappa shape index (κ2) is 6.01. The van der Waals surface area contributed by atoms with E-state index >= 15 is 0 Å². The van der Waals surface area contributed by atoms with Crippen LogP contribution in [-0.4, -0.2) is 33.4 Å². The maximum Gasteiger partial charge on any atom is 0.272 e. The zero-order valence-electron chi connectivity index (χ0n) is 11.6. The third kappa shape index (κ3) is 3.25. The lowest BCUT2D eigenvalue weighted by molar-refractivity contribution is 0.0917. The zero-order chi connectivity index (χ0) is 15.6. The molecule has 0 spiro atoms. The van der Waals surface area contributed by atoms with Crippen LogP contribution in [0.1, 0.15) is 23.1 Å². The average molecular weight is 295 g/mol.